The van der Waals surface area contributed by atoms with Crippen LogP contribution in [0.4, 0.5) is 8.78 Å². The Labute approximate surface area is 84.7 Å². The maximum absolute atomic E-state index is 13.0. The van der Waals surface area contributed by atoms with Crippen molar-refractivity contribution < 1.29 is 13.6 Å². The van der Waals surface area contributed by atoms with Crippen LogP contribution in [0, 0.1) is 11.6 Å². The molecule has 0 saturated carbocycles. The zero-order valence-corrected chi connectivity index (χ0v) is 8.00. The Balaban J connectivity index is 2.69. The second-order valence-corrected chi connectivity index (χ2v) is 3.67. The van der Waals surface area contributed by atoms with Crippen LogP contribution in [0.25, 0.3) is 0 Å². The van der Waals surface area contributed by atoms with Crippen LogP contribution < -0.4 is 0 Å². The second kappa shape index (κ2) is 3.31. The van der Waals surface area contributed by atoms with Crippen LogP contribution in [0.5, 0.6) is 0 Å². The summed E-state index contributed by atoms with van der Waals surface area (Å²) >= 11 is 5.61. The number of halogens is 3. The molecule has 0 amide bonds. The van der Waals surface area contributed by atoms with Crippen LogP contribution in [-0.4, -0.2) is 5.78 Å². The first-order chi connectivity index (χ1) is 6.61. The molecule has 2 rings (SSSR count). The molecule has 0 fully saturated rings. The van der Waals surface area contributed by atoms with Crippen molar-refractivity contribution in [1.29, 1.82) is 0 Å². The minimum absolute atomic E-state index is 0.160. The molecule has 1 aromatic rings. The first-order valence-corrected chi connectivity index (χ1v) is 4.68. The fourth-order valence-corrected chi connectivity index (χ4v) is 1.97. The molecule has 0 radical (unpaired) electrons. The van der Waals surface area contributed by atoms with E-state index in [0.717, 1.165) is 6.07 Å². The van der Waals surface area contributed by atoms with Gasteiger partial charge in [-0.25, -0.2) is 8.78 Å². The van der Waals surface area contributed by atoms with E-state index >= 15 is 0 Å². The predicted octanol–water partition coefficient (Wildman–Crippen LogP) is 3.14. The average Bonchev–Trinajstić information content (AvgIpc) is 2.17. The number of ketones is 1. The third kappa shape index (κ3) is 1.32. The largest absolute Gasteiger partial charge is 0.294 e. The van der Waals surface area contributed by atoms with Gasteiger partial charge in [0.05, 0.1) is 5.02 Å². The lowest BCUT2D eigenvalue weighted by atomic mass is 9.90. The van der Waals surface area contributed by atoms with Crippen LogP contribution in [0.1, 0.15) is 28.8 Å². The highest BCUT2D eigenvalue weighted by Crippen LogP contribution is 2.31. The highest BCUT2D eigenvalue weighted by Gasteiger charge is 2.23. The summed E-state index contributed by atoms with van der Waals surface area (Å²) in [5, 5.41) is -0.243. The van der Waals surface area contributed by atoms with Crippen molar-refractivity contribution in [3.05, 3.63) is 33.9 Å². The molecule has 0 aromatic heterocycles. The van der Waals surface area contributed by atoms with E-state index in [1.165, 1.54) is 0 Å². The lowest BCUT2D eigenvalue weighted by Crippen LogP contribution is -2.13. The van der Waals surface area contributed by atoms with Crippen LogP contribution in [0.15, 0.2) is 6.07 Å². The topological polar surface area (TPSA) is 17.1 Å². The van der Waals surface area contributed by atoms with Gasteiger partial charge in [-0.3, -0.25) is 4.79 Å². The molecule has 0 unspecified atom stereocenters. The SMILES string of the molecule is O=C1CCCc2c1cc(F)c(F)c2Cl. The normalized spacial score (nSPS) is 15.5. The van der Waals surface area contributed by atoms with E-state index in [9.17, 15) is 13.6 Å². The van der Waals surface area contributed by atoms with Gasteiger partial charge < -0.3 is 0 Å². The van der Waals surface area contributed by atoms with Crippen molar-refractivity contribution >= 4 is 17.4 Å². The number of hydrogen-bond donors (Lipinski definition) is 0. The van der Waals surface area contributed by atoms with Gasteiger partial charge in [0, 0.05) is 12.0 Å². The predicted molar refractivity (Wildman–Crippen MR) is 48.6 cm³/mol. The van der Waals surface area contributed by atoms with Crippen molar-refractivity contribution in [2.75, 3.05) is 0 Å². The van der Waals surface area contributed by atoms with Crippen molar-refractivity contribution in [1.82, 2.24) is 0 Å². The molecule has 0 spiro atoms. The lowest BCUT2D eigenvalue weighted by molar-refractivity contribution is 0.0972. The molecule has 0 N–H and O–H groups in total. The Hall–Kier alpha value is -0.960. The number of Topliss-reactive ketones (excluding diaryl/α,β-unsaturated/α-hetero) is 1. The van der Waals surface area contributed by atoms with Crippen molar-refractivity contribution in [2.24, 2.45) is 0 Å². The Bertz CT molecular complexity index is 415. The minimum Gasteiger partial charge on any atom is -0.294 e. The maximum atomic E-state index is 13.0. The molecule has 0 heterocycles. The Kier molecular flexibility index (Phi) is 2.27. The average molecular weight is 217 g/mol. The minimum atomic E-state index is -1.06. The molecule has 0 bridgehead atoms. The Morgan fingerprint density at radius 3 is 2.71 bits per heavy atom. The monoisotopic (exact) mass is 216 g/mol. The van der Waals surface area contributed by atoms with Crippen molar-refractivity contribution in [3.63, 3.8) is 0 Å². The van der Waals surface area contributed by atoms with E-state index in [1.807, 2.05) is 0 Å². The molecular weight excluding hydrogens is 210 g/mol. The number of hydrogen-bond acceptors (Lipinski definition) is 1. The van der Waals surface area contributed by atoms with Gasteiger partial charge in [0.15, 0.2) is 17.4 Å². The number of carbonyl (C=O) groups is 1. The van der Waals surface area contributed by atoms with E-state index < -0.39 is 11.6 Å². The van der Waals surface area contributed by atoms with Gasteiger partial charge in [0.1, 0.15) is 0 Å². The van der Waals surface area contributed by atoms with E-state index in [2.05, 4.69) is 0 Å². The molecular formula is C10H7ClF2O. The lowest BCUT2D eigenvalue weighted by Gasteiger charge is -2.16. The van der Waals surface area contributed by atoms with Crippen LogP contribution in [0.3, 0.4) is 0 Å². The summed E-state index contributed by atoms with van der Waals surface area (Å²) in [6.45, 7) is 0. The maximum Gasteiger partial charge on any atom is 0.177 e. The molecule has 0 aliphatic heterocycles. The summed E-state index contributed by atoms with van der Waals surface area (Å²) in [6, 6.07) is 0.942. The highest BCUT2D eigenvalue weighted by atomic mass is 35.5. The zero-order valence-electron chi connectivity index (χ0n) is 7.24. The molecule has 14 heavy (non-hydrogen) atoms. The van der Waals surface area contributed by atoms with Gasteiger partial charge in [-0.2, -0.15) is 0 Å². The van der Waals surface area contributed by atoms with E-state index in [-0.39, 0.29) is 16.4 Å². The second-order valence-electron chi connectivity index (χ2n) is 3.29. The first kappa shape index (κ1) is 9.59. The summed E-state index contributed by atoms with van der Waals surface area (Å²) in [5.74, 6) is -2.27. The summed E-state index contributed by atoms with van der Waals surface area (Å²) in [4.78, 5) is 11.4. The third-order valence-electron chi connectivity index (χ3n) is 2.39. The van der Waals surface area contributed by atoms with Gasteiger partial charge >= 0.3 is 0 Å². The van der Waals surface area contributed by atoms with E-state index in [4.69, 9.17) is 11.6 Å². The van der Waals surface area contributed by atoms with Gasteiger partial charge in [-0.15, -0.1) is 0 Å². The summed E-state index contributed by atoms with van der Waals surface area (Å²) in [6.07, 6.45) is 1.57. The number of carbonyl (C=O) groups excluding carboxylic acids is 1. The molecule has 1 nitrogen and oxygen atoms in total. The molecule has 74 valence electrons. The zero-order chi connectivity index (χ0) is 10.3. The number of benzene rings is 1. The van der Waals surface area contributed by atoms with E-state index in [0.29, 0.717) is 24.8 Å². The fraction of sp³-hybridized carbons (Fsp3) is 0.300. The fourth-order valence-electron chi connectivity index (χ4n) is 1.69. The van der Waals surface area contributed by atoms with Crippen LogP contribution in [-0.2, 0) is 6.42 Å². The van der Waals surface area contributed by atoms with Gasteiger partial charge in [-0.1, -0.05) is 11.6 Å². The quantitative estimate of drug-likeness (QED) is 0.609. The standard InChI is InChI=1S/C10H7ClF2O/c11-9-5-2-1-3-8(14)6(5)4-7(12)10(9)13/h4H,1-3H2. The van der Waals surface area contributed by atoms with Crippen molar-refractivity contribution in [3.8, 4) is 0 Å². The summed E-state index contributed by atoms with van der Waals surface area (Å²) in [5.41, 5.74) is 0.682. The van der Waals surface area contributed by atoms with Crippen molar-refractivity contribution in [2.45, 2.75) is 19.3 Å². The first-order valence-electron chi connectivity index (χ1n) is 4.31. The Morgan fingerprint density at radius 2 is 2.00 bits per heavy atom. The summed E-state index contributed by atoms with van der Waals surface area (Å²) in [7, 11) is 0. The number of rotatable bonds is 0. The van der Waals surface area contributed by atoms with Crippen LogP contribution >= 0.6 is 11.6 Å². The molecule has 4 heteroatoms. The molecule has 1 aromatic carbocycles. The summed E-state index contributed by atoms with van der Waals surface area (Å²) < 4.78 is 26.0. The van der Waals surface area contributed by atoms with Gasteiger partial charge in [0.2, 0.25) is 0 Å². The molecule has 0 saturated heterocycles. The number of fused-ring (bicyclic) bond motifs is 1. The molecule has 1 aliphatic rings. The molecule has 0 atom stereocenters. The highest BCUT2D eigenvalue weighted by molar-refractivity contribution is 6.32. The van der Waals surface area contributed by atoms with E-state index in [1.54, 1.807) is 0 Å². The molecule has 1 aliphatic carbocycles. The third-order valence-corrected chi connectivity index (χ3v) is 2.79. The van der Waals surface area contributed by atoms with Gasteiger partial charge in [-0.05, 0) is 24.5 Å². The van der Waals surface area contributed by atoms with Gasteiger partial charge in [0.25, 0.3) is 0 Å². The smallest absolute Gasteiger partial charge is 0.177 e. The van der Waals surface area contributed by atoms with Crippen LogP contribution in [0.2, 0.25) is 5.02 Å². The Morgan fingerprint density at radius 1 is 1.29 bits per heavy atom.